The van der Waals surface area contributed by atoms with Gasteiger partial charge in [0.2, 0.25) is 10.0 Å². The summed E-state index contributed by atoms with van der Waals surface area (Å²) in [7, 11) is -1.62. The highest BCUT2D eigenvalue weighted by Gasteiger charge is 2.33. The minimum Gasteiger partial charge on any atom is -0.384 e. The van der Waals surface area contributed by atoms with E-state index in [1.807, 2.05) is 23.4 Å². The average molecular weight is 445 g/mol. The predicted molar refractivity (Wildman–Crippen MR) is 121 cm³/mol. The summed E-state index contributed by atoms with van der Waals surface area (Å²) in [5.41, 5.74) is 2.86. The Balaban J connectivity index is 1.28. The van der Waals surface area contributed by atoms with Gasteiger partial charge in [0.05, 0.1) is 18.3 Å². The van der Waals surface area contributed by atoms with E-state index in [0.29, 0.717) is 38.7 Å². The van der Waals surface area contributed by atoms with Crippen molar-refractivity contribution in [3.05, 3.63) is 30.7 Å². The molecule has 3 aromatic heterocycles. The van der Waals surface area contributed by atoms with Crippen molar-refractivity contribution in [2.45, 2.75) is 6.42 Å². The highest BCUT2D eigenvalue weighted by Crippen LogP contribution is 2.31. The summed E-state index contributed by atoms with van der Waals surface area (Å²) < 4.78 is 32.6. The Hall–Kier alpha value is -2.27. The van der Waals surface area contributed by atoms with Gasteiger partial charge in [-0.2, -0.15) is 0 Å². The second kappa shape index (κ2) is 8.34. The van der Waals surface area contributed by atoms with Crippen LogP contribution >= 0.6 is 0 Å². The zero-order valence-electron chi connectivity index (χ0n) is 17.7. The van der Waals surface area contributed by atoms with Gasteiger partial charge in [0.25, 0.3) is 0 Å². The van der Waals surface area contributed by atoms with E-state index in [4.69, 9.17) is 4.74 Å². The largest absolute Gasteiger partial charge is 0.384 e. The molecule has 2 fully saturated rings. The third-order valence-electron chi connectivity index (χ3n) is 6.37. The van der Waals surface area contributed by atoms with E-state index in [1.165, 1.54) is 0 Å². The van der Waals surface area contributed by atoms with Crippen molar-refractivity contribution in [2.75, 3.05) is 63.8 Å². The Morgan fingerprint density at radius 3 is 2.81 bits per heavy atom. The molecule has 9 nitrogen and oxygen atoms in total. The van der Waals surface area contributed by atoms with Crippen LogP contribution in [0.25, 0.3) is 21.9 Å². The number of piperazine rings is 1. The van der Waals surface area contributed by atoms with Crippen LogP contribution in [0.4, 0.5) is 5.69 Å². The lowest BCUT2D eigenvalue weighted by atomic mass is 10.1. The molecule has 0 radical (unpaired) electrons. The first kappa shape index (κ1) is 20.6. The molecule has 0 bridgehead atoms. The molecular formula is C21H28N6O3S. The SMILES string of the molecule is COCC1CCN(S(=O)(=O)CN2CCN(c3cc[nH]c4cnc5nccc5c34)CC2)C1. The molecule has 31 heavy (non-hydrogen) atoms. The second-order valence-electron chi connectivity index (χ2n) is 8.41. The second-order valence-corrected chi connectivity index (χ2v) is 10.3. The monoisotopic (exact) mass is 444 g/mol. The van der Waals surface area contributed by atoms with Gasteiger partial charge in [0, 0.05) is 75.2 Å². The van der Waals surface area contributed by atoms with Crippen molar-refractivity contribution in [3.8, 4) is 0 Å². The van der Waals surface area contributed by atoms with E-state index < -0.39 is 10.0 Å². The fraction of sp³-hybridized carbons (Fsp3) is 0.524. The van der Waals surface area contributed by atoms with Gasteiger partial charge in [-0.1, -0.05) is 0 Å². The summed E-state index contributed by atoms with van der Waals surface area (Å²) in [6, 6.07) is 4.08. The van der Waals surface area contributed by atoms with Gasteiger partial charge in [-0.25, -0.2) is 22.7 Å². The van der Waals surface area contributed by atoms with Crippen LogP contribution < -0.4 is 4.90 Å². The molecule has 0 aliphatic carbocycles. The van der Waals surface area contributed by atoms with Crippen molar-refractivity contribution >= 4 is 37.6 Å². The van der Waals surface area contributed by atoms with Gasteiger partial charge in [-0.15, -0.1) is 0 Å². The molecule has 0 amide bonds. The molecule has 1 atom stereocenters. The number of nitrogens with zero attached hydrogens (tertiary/aromatic N) is 5. The van der Waals surface area contributed by atoms with Crippen molar-refractivity contribution in [1.82, 2.24) is 24.2 Å². The van der Waals surface area contributed by atoms with Crippen LogP contribution in [-0.2, 0) is 14.8 Å². The number of fused-ring (bicyclic) bond motifs is 3. The first-order chi connectivity index (χ1) is 15.0. The molecule has 2 aliphatic rings. The third-order valence-corrected chi connectivity index (χ3v) is 8.18. The van der Waals surface area contributed by atoms with Crippen LogP contribution in [0.1, 0.15) is 6.42 Å². The molecule has 1 N–H and O–H groups in total. The van der Waals surface area contributed by atoms with E-state index in [2.05, 4.69) is 25.9 Å². The Kier molecular flexibility index (Phi) is 5.55. The van der Waals surface area contributed by atoms with Gasteiger partial charge < -0.3 is 14.6 Å². The first-order valence-corrected chi connectivity index (χ1v) is 12.3. The van der Waals surface area contributed by atoms with E-state index in [0.717, 1.165) is 47.1 Å². The predicted octanol–water partition coefficient (Wildman–Crippen LogP) is 1.49. The number of nitrogens with one attached hydrogen (secondary N) is 1. The minimum absolute atomic E-state index is 0.0881. The zero-order chi connectivity index (χ0) is 21.4. The zero-order valence-corrected chi connectivity index (χ0v) is 18.5. The van der Waals surface area contributed by atoms with E-state index >= 15 is 0 Å². The lowest BCUT2D eigenvalue weighted by molar-refractivity contribution is 0.157. The number of hydrogen-bond acceptors (Lipinski definition) is 7. The summed E-state index contributed by atoms with van der Waals surface area (Å²) in [5, 5.41) is 2.15. The van der Waals surface area contributed by atoms with Gasteiger partial charge in [0.15, 0.2) is 5.65 Å². The highest BCUT2D eigenvalue weighted by atomic mass is 32.2. The number of aromatic amines is 1. The third kappa shape index (κ3) is 4.00. The quantitative estimate of drug-likeness (QED) is 0.615. The number of ether oxygens (including phenoxy) is 1. The summed E-state index contributed by atoms with van der Waals surface area (Å²) in [6.45, 7) is 4.76. The normalized spacial score (nSPS) is 21.5. The molecule has 3 aromatic rings. The van der Waals surface area contributed by atoms with Crippen molar-refractivity contribution in [1.29, 1.82) is 0 Å². The van der Waals surface area contributed by atoms with E-state index in [1.54, 1.807) is 17.6 Å². The fourth-order valence-corrected chi connectivity index (χ4v) is 6.46. The lowest BCUT2D eigenvalue weighted by Crippen LogP contribution is -2.49. The maximum atomic E-state index is 12.9. The fourth-order valence-electron chi connectivity index (χ4n) is 4.75. The molecule has 1 unspecified atom stereocenters. The molecule has 166 valence electrons. The standard InChI is InChI=1S/C21H28N6O3S/c1-30-14-16-4-7-27(13-16)31(28,29)15-25-8-10-26(11-9-25)19-3-6-22-18-12-24-21-17(20(18)19)2-5-23-21/h2-3,5-6,12,16,22H,4,7-11,13-15H2,1H3. The van der Waals surface area contributed by atoms with Crippen LogP contribution in [0.3, 0.4) is 0 Å². The molecule has 5 rings (SSSR count). The Morgan fingerprint density at radius 1 is 1.16 bits per heavy atom. The molecule has 0 saturated carbocycles. The van der Waals surface area contributed by atoms with E-state index in [-0.39, 0.29) is 5.88 Å². The summed E-state index contributed by atoms with van der Waals surface area (Å²) >= 11 is 0. The Morgan fingerprint density at radius 2 is 2.00 bits per heavy atom. The molecule has 2 saturated heterocycles. The van der Waals surface area contributed by atoms with Crippen LogP contribution in [0.15, 0.2) is 30.7 Å². The summed E-state index contributed by atoms with van der Waals surface area (Å²) in [6.07, 6.45) is 6.41. The number of rotatable bonds is 6. The maximum absolute atomic E-state index is 12.9. The summed E-state index contributed by atoms with van der Waals surface area (Å²) in [5.74, 6) is 0.391. The average Bonchev–Trinajstić information content (AvgIpc) is 3.44. The number of anilines is 1. The number of pyridine rings is 2. The Labute approximate surface area is 182 Å². The summed E-state index contributed by atoms with van der Waals surface area (Å²) in [4.78, 5) is 16.4. The topological polar surface area (TPSA) is 94.7 Å². The lowest BCUT2D eigenvalue weighted by Gasteiger charge is -2.37. The number of methoxy groups -OCH3 is 1. The number of H-pyrrole nitrogens is 1. The maximum Gasteiger partial charge on any atom is 0.227 e. The van der Waals surface area contributed by atoms with Crippen molar-refractivity contribution in [2.24, 2.45) is 5.92 Å². The molecular weight excluding hydrogens is 416 g/mol. The molecule has 5 heterocycles. The van der Waals surface area contributed by atoms with Crippen LogP contribution in [-0.4, -0.2) is 91.4 Å². The molecule has 2 aliphatic heterocycles. The van der Waals surface area contributed by atoms with Gasteiger partial charge in [-0.05, 0) is 24.5 Å². The first-order valence-electron chi connectivity index (χ1n) is 10.7. The number of sulfonamides is 1. The molecule has 0 spiro atoms. The Bertz CT molecular complexity index is 1170. The van der Waals surface area contributed by atoms with E-state index in [9.17, 15) is 8.42 Å². The highest BCUT2D eigenvalue weighted by molar-refractivity contribution is 7.89. The van der Waals surface area contributed by atoms with Gasteiger partial charge in [0.1, 0.15) is 5.88 Å². The smallest absolute Gasteiger partial charge is 0.227 e. The van der Waals surface area contributed by atoms with Crippen LogP contribution in [0.5, 0.6) is 0 Å². The van der Waals surface area contributed by atoms with Crippen molar-refractivity contribution in [3.63, 3.8) is 0 Å². The van der Waals surface area contributed by atoms with Crippen LogP contribution in [0.2, 0.25) is 0 Å². The number of aromatic nitrogens is 3. The molecule has 0 aromatic carbocycles. The number of hydrogen-bond donors (Lipinski definition) is 1. The van der Waals surface area contributed by atoms with Crippen LogP contribution in [0, 0.1) is 5.92 Å². The minimum atomic E-state index is -3.29. The molecule has 10 heteroatoms. The van der Waals surface area contributed by atoms with Gasteiger partial charge >= 0.3 is 0 Å². The van der Waals surface area contributed by atoms with Gasteiger partial charge in [-0.3, -0.25) is 4.90 Å². The van der Waals surface area contributed by atoms with Crippen molar-refractivity contribution < 1.29 is 13.2 Å².